The Morgan fingerprint density at radius 3 is 2.54 bits per heavy atom. The number of rotatable bonds is 8. The van der Waals surface area contributed by atoms with Crippen LogP contribution in [0.5, 0.6) is 5.75 Å². The minimum absolute atomic E-state index is 0.232. The molecule has 1 N–H and O–H groups in total. The number of ether oxygens (including phenoxy) is 1. The van der Waals surface area contributed by atoms with Gasteiger partial charge in [0.25, 0.3) is 5.56 Å². The van der Waals surface area contributed by atoms with Crippen LogP contribution in [0.1, 0.15) is 36.6 Å². The monoisotopic (exact) mass is 475 g/mol. The lowest BCUT2D eigenvalue weighted by Gasteiger charge is -2.18. The summed E-state index contributed by atoms with van der Waals surface area (Å²) in [5, 5.41) is 2.89. The third-order valence-corrected chi connectivity index (χ3v) is 6.04. The fourth-order valence-corrected chi connectivity index (χ4v) is 4.23. The van der Waals surface area contributed by atoms with Crippen LogP contribution in [-0.4, -0.2) is 31.7 Å². The summed E-state index contributed by atoms with van der Waals surface area (Å²) in [5.74, 6) is 0.201. The molecule has 0 fully saturated rings. The highest BCUT2D eigenvalue weighted by atomic mass is 16.5. The first-order chi connectivity index (χ1) is 16.8. The molecular formula is C26H29N5O4. The number of amides is 1. The molecule has 1 atom stereocenters. The van der Waals surface area contributed by atoms with Gasteiger partial charge >= 0.3 is 5.69 Å². The molecule has 4 rings (SSSR count). The van der Waals surface area contributed by atoms with Crippen LogP contribution in [0.3, 0.4) is 0 Å². The van der Waals surface area contributed by atoms with Gasteiger partial charge in [-0.3, -0.25) is 14.2 Å². The number of carbonyl (C=O) groups is 1. The van der Waals surface area contributed by atoms with E-state index in [-0.39, 0.29) is 12.6 Å². The van der Waals surface area contributed by atoms with Crippen LogP contribution in [0.2, 0.25) is 0 Å². The van der Waals surface area contributed by atoms with Crippen molar-refractivity contribution in [2.45, 2.75) is 46.4 Å². The first-order valence-electron chi connectivity index (χ1n) is 11.5. The number of aryl methyl sites for hydroxylation is 2. The first kappa shape index (κ1) is 24.0. The van der Waals surface area contributed by atoms with Gasteiger partial charge in [-0.25, -0.2) is 14.3 Å². The van der Waals surface area contributed by atoms with Crippen LogP contribution in [0.15, 0.2) is 64.4 Å². The molecule has 4 aromatic rings. The molecule has 2 heterocycles. The van der Waals surface area contributed by atoms with Gasteiger partial charge in [0.1, 0.15) is 12.3 Å². The molecule has 0 unspecified atom stereocenters. The summed E-state index contributed by atoms with van der Waals surface area (Å²) >= 11 is 0. The fourth-order valence-electron chi connectivity index (χ4n) is 4.23. The first-order valence-corrected chi connectivity index (χ1v) is 11.5. The van der Waals surface area contributed by atoms with Gasteiger partial charge in [0.2, 0.25) is 5.91 Å². The zero-order valence-corrected chi connectivity index (χ0v) is 20.3. The van der Waals surface area contributed by atoms with Crippen LogP contribution in [0.25, 0.3) is 11.2 Å². The summed E-state index contributed by atoms with van der Waals surface area (Å²) in [6.45, 7) is 6.01. The van der Waals surface area contributed by atoms with E-state index in [1.807, 2.05) is 69.3 Å². The highest BCUT2D eigenvalue weighted by molar-refractivity contribution is 5.77. The molecule has 0 aliphatic carbocycles. The average Bonchev–Trinajstić information content (AvgIpc) is 3.29. The number of methoxy groups -OCH3 is 1. The minimum atomic E-state index is -0.580. The van der Waals surface area contributed by atoms with E-state index >= 15 is 0 Å². The normalized spacial score (nSPS) is 12.0. The molecule has 0 saturated carbocycles. The quantitative estimate of drug-likeness (QED) is 0.422. The zero-order chi connectivity index (χ0) is 25.1. The van der Waals surface area contributed by atoms with Crippen molar-refractivity contribution in [3.63, 3.8) is 0 Å². The number of benzene rings is 2. The maximum Gasteiger partial charge on any atom is 0.333 e. The summed E-state index contributed by atoms with van der Waals surface area (Å²) in [6.07, 6.45) is 1.55. The van der Waals surface area contributed by atoms with Gasteiger partial charge in [0.05, 0.1) is 26.0 Å². The number of nitrogens with zero attached hydrogens (tertiary/aromatic N) is 4. The second kappa shape index (κ2) is 10.0. The Bertz CT molecular complexity index is 1480. The minimum Gasteiger partial charge on any atom is -0.496 e. The molecule has 0 radical (unpaired) electrons. The predicted molar refractivity (Wildman–Crippen MR) is 134 cm³/mol. The van der Waals surface area contributed by atoms with Gasteiger partial charge in [-0.05, 0) is 32.4 Å². The number of aromatic nitrogens is 4. The summed E-state index contributed by atoms with van der Waals surface area (Å²) in [7, 11) is 1.57. The molecule has 0 aliphatic heterocycles. The molecule has 9 heteroatoms. The molecule has 0 saturated heterocycles. The third-order valence-electron chi connectivity index (χ3n) is 6.04. The second-order valence-electron chi connectivity index (χ2n) is 8.48. The highest BCUT2D eigenvalue weighted by Crippen LogP contribution is 2.26. The Kier molecular flexibility index (Phi) is 6.86. The van der Waals surface area contributed by atoms with Crippen molar-refractivity contribution >= 4 is 17.1 Å². The highest BCUT2D eigenvalue weighted by Gasteiger charge is 2.21. The van der Waals surface area contributed by atoms with Gasteiger partial charge in [0, 0.05) is 12.1 Å². The summed E-state index contributed by atoms with van der Waals surface area (Å²) in [4.78, 5) is 44.1. The Morgan fingerprint density at radius 1 is 1.11 bits per heavy atom. The largest absolute Gasteiger partial charge is 0.496 e. The standard InChI is InChI=1S/C26H29N5O4/c1-5-29-16-27-24-23(29)25(33)31(26(34)30(24)14-19-9-7-6-8-10-19)15-22(32)28-18(3)20-13-17(2)11-12-21(20)35-4/h6-13,16,18H,5,14-15H2,1-4H3,(H,28,32)/t18-/m1/s1. The molecule has 182 valence electrons. The molecule has 2 aromatic heterocycles. The van der Waals surface area contributed by atoms with E-state index in [4.69, 9.17) is 4.74 Å². The Morgan fingerprint density at radius 2 is 1.86 bits per heavy atom. The smallest absolute Gasteiger partial charge is 0.333 e. The lowest BCUT2D eigenvalue weighted by atomic mass is 10.0. The topological polar surface area (TPSA) is 100 Å². The molecular weight excluding hydrogens is 446 g/mol. The van der Waals surface area contributed by atoms with Crippen molar-refractivity contribution in [3.8, 4) is 5.75 Å². The van der Waals surface area contributed by atoms with Crippen LogP contribution >= 0.6 is 0 Å². The summed E-state index contributed by atoms with van der Waals surface area (Å²) in [6, 6.07) is 14.8. The predicted octanol–water partition coefficient (Wildman–Crippen LogP) is 2.62. The Hall–Kier alpha value is -4.14. The molecule has 0 aliphatic rings. The van der Waals surface area contributed by atoms with E-state index < -0.39 is 23.7 Å². The number of nitrogens with one attached hydrogen (secondary N) is 1. The third kappa shape index (κ3) is 4.75. The molecule has 0 bridgehead atoms. The maximum absolute atomic E-state index is 13.4. The molecule has 1 amide bonds. The van der Waals surface area contributed by atoms with Crippen molar-refractivity contribution < 1.29 is 9.53 Å². The Labute approximate surface area is 202 Å². The van der Waals surface area contributed by atoms with E-state index in [9.17, 15) is 14.4 Å². The lowest BCUT2D eigenvalue weighted by molar-refractivity contribution is -0.122. The van der Waals surface area contributed by atoms with Crippen molar-refractivity contribution in [1.82, 2.24) is 24.0 Å². The number of hydrogen-bond acceptors (Lipinski definition) is 5. The van der Waals surface area contributed by atoms with E-state index in [1.165, 1.54) is 4.57 Å². The van der Waals surface area contributed by atoms with Gasteiger partial charge in [0.15, 0.2) is 11.2 Å². The molecule has 0 spiro atoms. The number of imidazole rings is 1. The molecule has 9 nitrogen and oxygen atoms in total. The Balaban J connectivity index is 1.71. The summed E-state index contributed by atoms with van der Waals surface area (Å²) < 4.78 is 9.54. The van der Waals surface area contributed by atoms with Gasteiger partial charge in [-0.2, -0.15) is 0 Å². The second-order valence-corrected chi connectivity index (χ2v) is 8.48. The van der Waals surface area contributed by atoms with Crippen LogP contribution < -0.4 is 21.3 Å². The van der Waals surface area contributed by atoms with Crippen LogP contribution in [-0.2, 0) is 24.4 Å². The van der Waals surface area contributed by atoms with Gasteiger partial charge < -0.3 is 14.6 Å². The van der Waals surface area contributed by atoms with E-state index in [0.717, 1.165) is 21.3 Å². The van der Waals surface area contributed by atoms with Crippen molar-refractivity contribution in [3.05, 3.63) is 92.4 Å². The van der Waals surface area contributed by atoms with Crippen LogP contribution in [0.4, 0.5) is 0 Å². The van der Waals surface area contributed by atoms with Gasteiger partial charge in [-0.1, -0.05) is 48.0 Å². The fraction of sp³-hybridized carbons (Fsp3) is 0.308. The van der Waals surface area contributed by atoms with Crippen molar-refractivity contribution in [2.75, 3.05) is 7.11 Å². The SMILES string of the molecule is CCn1cnc2c1c(=O)n(CC(=O)N[C@H](C)c1cc(C)ccc1OC)c(=O)n2Cc1ccccc1. The molecule has 35 heavy (non-hydrogen) atoms. The van der Waals surface area contributed by atoms with E-state index in [2.05, 4.69) is 10.3 Å². The number of hydrogen-bond donors (Lipinski definition) is 1. The lowest BCUT2D eigenvalue weighted by Crippen LogP contribution is -2.44. The molecule has 2 aromatic carbocycles. The van der Waals surface area contributed by atoms with E-state index in [0.29, 0.717) is 23.5 Å². The maximum atomic E-state index is 13.4. The van der Waals surface area contributed by atoms with Crippen LogP contribution in [0, 0.1) is 6.92 Å². The van der Waals surface area contributed by atoms with Crippen molar-refractivity contribution in [2.24, 2.45) is 0 Å². The average molecular weight is 476 g/mol. The number of carbonyl (C=O) groups excluding carboxylic acids is 1. The van der Waals surface area contributed by atoms with Gasteiger partial charge in [-0.15, -0.1) is 0 Å². The summed E-state index contributed by atoms with van der Waals surface area (Å²) in [5.41, 5.74) is 2.21. The van der Waals surface area contributed by atoms with Crippen molar-refractivity contribution in [1.29, 1.82) is 0 Å². The van der Waals surface area contributed by atoms with E-state index in [1.54, 1.807) is 18.0 Å². The zero-order valence-electron chi connectivity index (χ0n) is 20.3. The number of fused-ring (bicyclic) bond motifs is 1.